The van der Waals surface area contributed by atoms with Crippen LogP contribution in [-0.4, -0.2) is 29.9 Å². The molecule has 0 saturated carbocycles. The van der Waals surface area contributed by atoms with E-state index in [9.17, 15) is 4.79 Å². The predicted molar refractivity (Wildman–Crippen MR) is 83.7 cm³/mol. The molecule has 4 nitrogen and oxygen atoms in total. The van der Waals surface area contributed by atoms with Crippen molar-refractivity contribution in [2.45, 2.75) is 6.54 Å². The van der Waals surface area contributed by atoms with Crippen molar-refractivity contribution in [2.75, 3.05) is 19.4 Å². The fourth-order valence-corrected chi connectivity index (χ4v) is 2.24. The predicted octanol–water partition coefficient (Wildman–Crippen LogP) is 3.16. The van der Waals surface area contributed by atoms with Crippen LogP contribution in [0.2, 0.25) is 0 Å². The Morgan fingerprint density at radius 1 is 1.25 bits per heavy atom. The highest BCUT2D eigenvalue weighted by Crippen LogP contribution is 2.16. The van der Waals surface area contributed by atoms with E-state index in [0.29, 0.717) is 10.2 Å². The maximum atomic E-state index is 12.1. The Morgan fingerprint density at radius 3 is 2.55 bits per heavy atom. The minimum Gasteiger partial charge on any atom is -0.321 e. The van der Waals surface area contributed by atoms with Gasteiger partial charge in [0.1, 0.15) is 5.69 Å². The second kappa shape index (κ2) is 6.63. The Bertz CT molecular complexity index is 596. The van der Waals surface area contributed by atoms with Gasteiger partial charge in [0.2, 0.25) is 0 Å². The van der Waals surface area contributed by atoms with Crippen molar-refractivity contribution < 1.29 is 4.79 Å². The van der Waals surface area contributed by atoms with Crippen molar-refractivity contribution in [1.82, 2.24) is 9.88 Å². The van der Waals surface area contributed by atoms with Crippen LogP contribution in [0.4, 0.5) is 5.69 Å². The Hall–Kier alpha value is -1.72. The van der Waals surface area contributed by atoms with Gasteiger partial charge >= 0.3 is 0 Å². The van der Waals surface area contributed by atoms with Crippen molar-refractivity contribution in [3.8, 4) is 0 Å². The van der Waals surface area contributed by atoms with Gasteiger partial charge in [0, 0.05) is 22.9 Å². The number of aromatic nitrogens is 1. The number of pyridine rings is 1. The highest BCUT2D eigenvalue weighted by molar-refractivity contribution is 9.10. The molecule has 0 spiro atoms. The van der Waals surface area contributed by atoms with E-state index < -0.39 is 0 Å². The van der Waals surface area contributed by atoms with E-state index in [1.54, 1.807) is 18.3 Å². The number of nitrogens with one attached hydrogen (secondary N) is 1. The molecule has 0 radical (unpaired) electrons. The van der Waals surface area contributed by atoms with Crippen LogP contribution in [0.3, 0.4) is 0 Å². The van der Waals surface area contributed by atoms with E-state index in [0.717, 1.165) is 12.2 Å². The van der Waals surface area contributed by atoms with Crippen LogP contribution in [0, 0.1) is 0 Å². The van der Waals surface area contributed by atoms with Crippen LogP contribution >= 0.6 is 15.9 Å². The molecule has 2 rings (SSSR count). The SMILES string of the molecule is CN(C)Cc1ccc(NC(=O)c2ncccc2Br)cc1. The first-order chi connectivity index (χ1) is 9.56. The molecule has 1 aromatic carbocycles. The quantitative estimate of drug-likeness (QED) is 0.934. The lowest BCUT2D eigenvalue weighted by Crippen LogP contribution is -2.14. The maximum Gasteiger partial charge on any atom is 0.275 e. The summed E-state index contributed by atoms with van der Waals surface area (Å²) >= 11 is 3.32. The zero-order chi connectivity index (χ0) is 14.5. The van der Waals surface area contributed by atoms with Gasteiger partial charge in [0.05, 0.1) is 0 Å². The highest BCUT2D eigenvalue weighted by atomic mass is 79.9. The Kier molecular flexibility index (Phi) is 4.87. The van der Waals surface area contributed by atoms with Crippen LogP contribution in [0.1, 0.15) is 16.1 Å². The third kappa shape index (κ3) is 3.88. The van der Waals surface area contributed by atoms with Crippen molar-refractivity contribution in [2.24, 2.45) is 0 Å². The molecule has 1 amide bonds. The van der Waals surface area contributed by atoms with E-state index in [4.69, 9.17) is 0 Å². The summed E-state index contributed by atoms with van der Waals surface area (Å²) in [6, 6.07) is 11.4. The molecule has 0 saturated heterocycles. The van der Waals surface area contributed by atoms with Gasteiger partial charge in [0.15, 0.2) is 0 Å². The number of rotatable bonds is 4. The largest absolute Gasteiger partial charge is 0.321 e. The summed E-state index contributed by atoms with van der Waals surface area (Å²) in [5, 5.41) is 2.83. The van der Waals surface area contributed by atoms with Crippen LogP contribution in [0.25, 0.3) is 0 Å². The molecular formula is C15H16BrN3O. The number of anilines is 1. The van der Waals surface area contributed by atoms with E-state index in [2.05, 4.69) is 31.1 Å². The Morgan fingerprint density at radius 2 is 1.95 bits per heavy atom. The zero-order valence-electron chi connectivity index (χ0n) is 11.4. The summed E-state index contributed by atoms with van der Waals surface area (Å²) in [5.41, 5.74) is 2.34. The Balaban J connectivity index is 2.07. The maximum absolute atomic E-state index is 12.1. The number of carbonyl (C=O) groups is 1. The summed E-state index contributed by atoms with van der Waals surface area (Å²) in [5.74, 6) is -0.224. The molecule has 0 aliphatic rings. The van der Waals surface area contributed by atoms with Crippen molar-refractivity contribution >= 4 is 27.5 Å². The molecule has 0 atom stereocenters. The molecule has 104 valence electrons. The fraction of sp³-hybridized carbons (Fsp3) is 0.200. The molecule has 0 bridgehead atoms. The third-order valence-corrected chi connectivity index (χ3v) is 3.32. The van der Waals surface area contributed by atoms with Crippen molar-refractivity contribution in [3.05, 3.63) is 58.3 Å². The average molecular weight is 334 g/mol. The van der Waals surface area contributed by atoms with Crippen LogP contribution in [0.15, 0.2) is 47.1 Å². The molecule has 20 heavy (non-hydrogen) atoms. The van der Waals surface area contributed by atoms with Gasteiger partial charge in [-0.1, -0.05) is 12.1 Å². The van der Waals surface area contributed by atoms with Crippen molar-refractivity contribution in [3.63, 3.8) is 0 Å². The molecule has 1 aromatic heterocycles. The second-order valence-electron chi connectivity index (χ2n) is 4.72. The normalized spacial score (nSPS) is 10.6. The smallest absolute Gasteiger partial charge is 0.275 e. The second-order valence-corrected chi connectivity index (χ2v) is 5.58. The van der Waals surface area contributed by atoms with Gasteiger partial charge < -0.3 is 10.2 Å². The molecular weight excluding hydrogens is 318 g/mol. The number of hydrogen-bond acceptors (Lipinski definition) is 3. The minimum absolute atomic E-state index is 0.224. The van der Waals surface area contributed by atoms with Gasteiger partial charge in [-0.2, -0.15) is 0 Å². The fourth-order valence-electron chi connectivity index (χ4n) is 1.80. The number of hydrogen-bond donors (Lipinski definition) is 1. The summed E-state index contributed by atoms with van der Waals surface area (Å²) in [6.45, 7) is 0.875. The molecule has 0 aliphatic heterocycles. The summed E-state index contributed by atoms with van der Waals surface area (Å²) < 4.78 is 0.682. The van der Waals surface area contributed by atoms with Crippen molar-refractivity contribution in [1.29, 1.82) is 0 Å². The van der Waals surface area contributed by atoms with Gasteiger partial charge in [-0.25, -0.2) is 4.98 Å². The van der Waals surface area contributed by atoms with Gasteiger partial charge in [0.25, 0.3) is 5.91 Å². The average Bonchev–Trinajstić information content (AvgIpc) is 2.41. The minimum atomic E-state index is -0.224. The summed E-state index contributed by atoms with van der Waals surface area (Å²) in [7, 11) is 4.04. The lowest BCUT2D eigenvalue weighted by atomic mass is 10.2. The first kappa shape index (κ1) is 14.7. The summed E-state index contributed by atoms with van der Waals surface area (Å²) in [4.78, 5) is 18.2. The topological polar surface area (TPSA) is 45.2 Å². The van der Waals surface area contributed by atoms with E-state index in [-0.39, 0.29) is 5.91 Å². The lowest BCUT2D eigenvalue weighted by molar-refractivity contribution is 0.102. The highest BCUT2D eigenvalue weighted by Gasteiger charge is 2.11. The Labute approximate surface area is 127 Å². The molecule has 0 unspecified atom stereocenters. The van der Waals surface area contributed by atoms with Crippen LogP contribution < -0.4 is 5.32 Å². The van der Waals surface area contributed by atoms with Crippen LogP contribution in [0.5, 0.6) is 0 Å². The monoisotopic (exact) mass is 333 g/mol. The molecule has 5 heteroatoms. The van der Waals surface area contributed by atoms with Gasteiger partial charge in [-0.15, -0.1) is 0 Å². The third-order valence-electron chi connectivity index (χ3n) is 2.68. The molecule has 2 aromatic rings. The number of benzene rings is 1. The van der Waals surface area contributed by atoms with Gasteiger partial charge in [-0.3, -0.25) is 4.79 Å². The molecule has 0 aliphatic carbocycles. The summed E-state index contributed by atoms with van der Waals surface area (Å²) in [6.07, 6.45) is 1.60. The molecule has 1 heterocycles. The molecule has 0 fully saturated rings. The van der Waals surface area contributed by atoms with E-state index in [1.165, 1.54) is 5.56 Å². The van der Waals surface area contributed by atoms with Crippen LogP contribution in [-0.2, 0) is 6.54 Å². The zero-order valence-corrected chi connectivity index (χ0v) is 13.0. The van der Waals surface area contributed by atoms with E-state index >= 15 is 0 Å². The van der Waals surface area contributed by atoms with Gasteiger partial charge in [-0.05, 0) is 59.9 Å². The molecule has 1 N–H and O–H groups in total. The number of halogens is 1. The van der Waals surface area contributed by atoms with E-state index in [1.807, 2.05) is 38.4 Å². The standard InChI is InChI=1S/C15H16BrN3O/c1-19(2)10-11-5-7-12(8-6-11)18-15(20)14-13(16)4-3-9-17-14/h3-9H,10H2,1-2H3,(H,18,20). The number of amides is 1. The number of nitrogens with zero attached hydrogens (tertiary/aromatic N) is 2. The first-order valence-electron chi connectivity index (χ1n) is 6.22. The first-order valence-corrected chi connectivity index (χ1v) is 7.01. The lowest BCUT2D eigenvalue weighted by Gasteiger charge is -2.10. The number of carbonyl (C=O) groups excluding carboxylic acids is 1.